The molecule has 0 bridgehead atoms. The summed E-state index contributed by atoms with van der Waals surface area (Å²) in [6.45, 7) is 3.83. The summed E-state index contributed by atoms with van der Waals surface area (Å²) < 4.78 is 7.30. The van der Waals surface area contributed by atoms with Crippen LogP contribution in [0.1, 0.15) is 39.2 Å². The highest BCUT2D eigenvalue weighted by Gasteiger charge is 2.42. The number of fused-ring (bicyclic) bond motifs is 2. The number of nitrogens with zero attached hydrogens (tertiary/aromatic N) is 6. The number of nitrogens with one attached hydrogen (secondary N) is 1. The molecule has 1 N–H and O–H groups in total. The Balaban J connectivity index is 1.54. The third-order valence-corrected chi connectivity index (χ3v) is 6.47. The van der Waals surface area contributed by atoms with Crippen molar-refractivity contribution in [3.05, 3.63) is 88.2 Å². The molecule has 0 aliphatic carbocycles. The van der Waals surface area contributed by atoms with E-state index in [1.807, 2.05) is 60.8 Å². The number of anilines is 1. The lowest BCUT2D eigenvalue weighted by Gasteiger charge is -2.26. The van der Waals surface area contributed by atoms with Gasteiger partial charge in [-0.15, -0.1) is 10.2 Å². The maximum Gasteiger partial charge on any atom is 0.279 e. The maximum atomic E-state index is 13.8. The molecule has 1 atom stereocenters. The largest absolute Gasteiger partial charge is 0.480 e. The Labute approximate surface area is 205 Å². The summed E-state index contributed by atoms with van der Waals surface area (Å²) in [6.07, 6.45) is 3.53. The minimum Gasteiger partial charge on any atom is -0.480 e. The third kappa shape index (κ3) is 3.27. The topological polar surface area (TPSA) is 101 Å². The molecule has 6 rings (SSSR count). The average Bonchev–Trinajstić information content (AvgIpc) is 3.53. The molecule has 1 aliphatic heterocycles. The van der Waals surface area contributed by atoms with Gasteiger partial charge in [0.1, 0.15) is 17.7 Å². The van der Waals surface area contributed by atoms with Crippen LogP contribution in [0.4, 0.5) is 5.69 Å². The fourth-order valence-electron chi connectivity index (χ4n) is 4.58. The Morgan fingerprint density at radius 2 is 1.91 bits per heavy atom. The van der Waals surface area contributed by atoms with Crippen molar-refractivity contribution in [1.29, 1.82) is 0 Å². The molecule has 1 amide bonds. The molecule has 0 saturated carbocycles. The fourth-order valence-corrected chi connectivity index (χ4v) is 4.70. The minimum absolute atomic E-state index is 0.213. The molecule has 174 valence electrons. The second-order valence-electron chi connectivity index (χ2n) is 8.36. The van der Waals surface area contributed by atoms with Crippen LogP contribution < -0.4 is 9.64 Å². The first-order valence-corrected chi connectivity index (χ1v) is 11.3. The van der Waals surface area contributed by atoms with E-state index >= 15 is 0 Å². The molecule has 1 unspecified atom stereocenters. The van der Waals surface area contributed by atoms with E-state index in [2.05, 4.69) is 25.1 Å². The number of halogens is 1. The molecular formula is C25H20ClN7O2. The Morgan fingerprint density at radius 3 is 2.69 bits per heavy atom. The lowest BCUT2D eigenvalue weighted by Crippen LogP contribution is -2.29. The van der Waals surface area contributed by atoms with Crippen molar-refractivity contribution < 1.29 is 9.53 Å². The number of methoxy groups -OCH3 is 1. The zero-order valence-corrected chi connectivity index (χ0v) is 19.9. The molecule has 0 spiro atoms. The van der Waals surface area contributed by atoms with Crippen LogP contribution >= 0.6 is 11.6 Å². The highest BCUT2D eigenvalue weighted by molar-refractivity contribution is 6.30. The predicted octanol–water partition coefficient (Wildman–Crippen LogP) is 4.54. The van der Waals surface area contributed by atoms with Gasteiger partial charge in [0.2, 0.25) is 5.88 Å². The molecule has 4 aromatic heterocycles. The first kappa shape index (κ1) is 21.3. The van der Waals surface area contributed by atoms with E-state index in [4.69, 9.17) is 16.3 Å². The summed E-state index contributed by atoms with van der Waals surface area (Å²) in [7, 11) is 1.55. The number of hydrogen-bond donors (Lipinski definition) is 1. The van der Waals surface area contributed by atoms with Gasteiger partial charge in [-0.05, 0) is 55.3 Å². The number of aromatic amines is 1. The number of pyridine rings is 2. The number of hydrogen-bond acceptors (Lipinski definition) is 6. The van der Waals surface area contributed by atoms with Gasteiger partial charge in [0.25, 0.3) is 5.91 Å². The van der Waals surface area contributed by atoms with E-state index < -0.39 is 6.04 Å². The molecular weight excluding hydrogens is 466 g/mol. The smallest absolute Gasteiger partial charge is 0.279 e. The zero-order chi connectivity index (χ0) is 24.3. The van der Waals surface area contributed by atoms with Gasteiger partial charge in [-0.2, -0.15) is 0 Å². The minimum atomic E-state index is -0.438. The lowest BCUT2D eigenvalue weighted by molar-refractivity contribution is 0.0989. The molecule has 0 radical (unpaired) electrons. The first-order valence-electron chi connectivity index (χ1n) is 11.0. The van der Waals surface area contributed by atoms with Crippen molar-refractivity contribution in [2.45, 2.75) is 19.9 Å². The number of aryl methyl sites for hydroxylation is 2. The Bertz CT molecular complexity index is 1610. The predicted molar refractivity (Wildman–Crippen MR) is 131 cm³/mol. The van der Waals surface area contributed by atoms with Crippen LogP contribution in [-0.4, -0.2) is 42.6 Å². The van der Waals surface area contributed by atoms with E-state index in [9.17, 15) is 4.79 Å². The monoisotopic (exact) mass is 485 g/mol. The van der Waals surface area contributed by atoms with Crippen LogP contribution in [0.3, 0.4) is 0 Å². The van der Waals surface area contributed by atoms with Gasteiger partial charge >= 0.3 is 0 Å². The molecule has 10 heteroatoms. The number of benzene rings is 1. The fraction of sp³-hybridized carbons (Fsp3) is 0.160. The van der Waals surface area contributed by atoms with Crippen molar-refractivity contribution >= 4 is 28.8 Å². The summed E-state index contributed by atoms with van der Waals surface area (Å²) in [5, 5.41) is 9.04. The normalized spacial score (nSPS) is 15.1. The van der Waals surface area contributed by atoms with Crippen molar-refractivity contribution in [2.75, 3.05) is 12.0 Å². The highest BCUT2D eigenvalue weighted by Crippen LogP contribution is 2.42. The standard InChI is InChI=1S/C25H20ClN7O2/c1-13-11-17(12-32-14(2)30-31-23(13)32)33-21(15-6-8-16(26)9-7-15)19-20(25(33)34)29-22(28-19)18-5-4-10-27-24(18)35-3/h4-12,21H,1-3H3,(H,28,29). The molecule has 1 aliphatic rings. The number of carbonyl (C=O) groups is 1. The lowest BCUT2D eigenvalue weighted by atomic mass is 10.0. The van der Waals surface area contributed by atoms with Crippen LogP contribution in [0.2, 0.25) is 5.02 Å². The van der Waals surface area contributed by atoms with Crippen molar-refractivity contribution in [3.63, 3.8) is 0 Å². The van der Waals surface area contributed by atoms with Gasteiger partial charge in [-0.25, -0.2) is 9.97 Å². The summed E-state index contributed by atoms with van der Waals surface area (Å²) in [4.78, 5) is 27.9. The van der Waals surface area contributed by atoms with Gasteiger partial charge in [0, 0.05) is 17.4 Å². The van der Waals surface area contributed by atoms with Crippen LogP contribution in [0, 0.1) is 13.8 Å². The number of carbonyl (C=O) groups excluding carboxylic acids is 1. The summed E-state index contributed by atoms with van der Waals surface area (Å²) in [6, 6.07) is 12.6. The number of ether oxygens (including phenoxy) is 1. The zero-order valence-electron chi connectivity index (χ0n) is 19.2. The Hall–Kier alpha value is -4.24. The summed E-state index contributed by atoms with van der Waals surface area (Å²) in [5.41, 5.74) is 5.00. The first-order chi connectivity index (χ1) is 17.0. The average molecular weight is 486 g/mol. The van der Waals surface area contributed by atoms with Gasteiger partial charge in [0.05, 0.1) is 24.1 Å². The van der Waals surface area contributed by atoms with Crippen molar-refractivity contribution in [1.82, 2.24) is 29.5 Å². The number of imidazole rings is 1. The molecule has 9 nitrogen and oxygen atoms in total. The SMILES string of the molecule is COc1ncccc1-c1nc2c([nH]1)C(c1ccc(Cl)cc1)N(c1cc(C)c3nnc(C)n3c1)C2=O. The van der Waals surface area contributed by atoms with E-state index in [0.29, 0.717) is 33.7 Å². The summed E-state index contributed by atoms with van der Waals surface area (Å²) >= 11 is 6.17. The maximum absolute atomic E-state index is 13.8. The quantitative estimate of drug-likeness (QED) is 0.401. The molecule has 5 aromatic rings. The Kier molecular flexibility index (Phi) is 4.82. The molecule has 0 fully saturated rings. The van der Waals surface area contributed by atoms with E-state index in [-0.39, 0.29) is 5.91 Å². The van der Waals surface area contributed by atoms with Crippen molar-refractivity contribution in [3.8, 4) is 17.3 Å². The second-order valence-corrected chi connectivity index (χ2v) is 8.80. The number of aromatic nitrogens is 6. The van der Waals surface area contributed by atoms with Crippen LogP contribution in [-0.2, 0) is 0 Å². The highest BCUT2D eigenvalue weighted by atomic mass is 35.5. The summed E-state index contributed by atoms with van der Waals surface area (Å²) in [5.74, 6) is 1.47. The number of H-pyrrole nitrogens is 1. The molecule has 1 aromatic carbocycles. The van der Waals surface area contributed by atoms with Crippen LogP contribution in [0.15, 0.2) is 54.9 Å². The van der Waals surface area contributed by atoms with E-state index in [1.165, 1.54) is 0 Å². The Morgan fingerprint density at radius 1 is 1.11 bits per heavy atom. The number of rotatable bonds is 4. The van der Waals surface area contributed by atoms with Crippen LogP contribution in [0.25, 0.3) is 17.0 Å². The van der Waals surface area contributed by atoms with Gasteiger partial charge in [-0.3, -0.25) is 14.1 Å². The third-order valence-electron chi connectivity index (χ3n) is 6.21. The van der Waals surface area contributed by atoms with Gasteiger partial charge in [-0.1, -0.05) is 23.7 Å². The second kappa shape index (κ2) is 7.92. The van der Waals surface area contributed by atoms with E-state index in [0.717, 1.165) is 28.3 Å². The van der Waals surface area contributed by atoms with Crippen molar-refractivity contribution in [2.24, 2.45) is 0 Å². The van der Waals surface area contributed by atoms with E-state index in [1.54, 1.807) is 24.3 Å². The van der Waals surface area contributed by atoms with Gasteiger partial charge < -0.3 is 9.72 Å². The number of amides is 1. The molecule has 35 heavy (non-hydrogen) atoms. The van der Waals surface area contributed by atoms with Gasteiger partial charge in [0.15, 0.2) is 11.3 Å². The van der Waals surface area contributed by atoms with Crippen LogP contribution in [0.5, 0.6) is 5.88 Å². The molecule has 5 heterocycles. The molecule has 0 saturated heterocycles.